The lowest BCUT2D eigenvalue weighted by Crippen LogP contribution is -2.11. The lowest BCUT2D eigenvalue weighted by molar-refractivity contribution is 0.0690. The Labute approximate surface area is 98.0 Å². The van der Waals surface area contributed by atoms with Crippen LogP contribution in [0, 0.1) is 0 Å². The van der Waals surface area contributed by atoms with E-state index in [0.717, 1.165) is 0 Å². The molecule has 0 aliphatic rings. The zero-order valence-electron chi connectivity index (χ0n) is 9.53. The first kappa shape index (κ1) is 11.3. The predicted molar refractivity (Wildman–Crippen MR) is 60.2 cm³/mol. The van der Waals surface area contributed by atoms with Crippen molar-refractivity contribution in [2.75, 3.05) is 0 Å². The average molecular weight is 232 g/mol. The molecule has 0 spiro atoms. The van der Waals surface area contributed by atoms with Gasteiger partial charge in [-0.1, -0.05) is 13.8 Å². The fraction of sp³-hybridized carbons (Fsp3) is 0.273. The first-order valence-electron chi connectivity index (χ1n) is 5.18. The van der Waals surface area contributed by atoms with Gasteiger partial charge in [-0.25, -0.2) is 19.7 Å². The molecule has 0 unspecified atom stereocenters. The number of hydrogen-bond acceptors (Lipinski definition) is 4. The Balaban J connectivity index is 2.57. The number of carboxylic acid groups (broad SMARTS) is 1. The monoisotopic (exact) mass is 232 g/mol. The number of carboxylic acids is 1. The molecule has 88 valence electrons. The van der Waals surface area contributed by atoms with Gasteiger partial charge in [0.1, 0.15) is 5.82 Å². The van der Waals surface area contributed by atoms with Crippen LogP contribution in [0.1, 0.15) is 36.1 Å². The Kier molecular flexibility index (Phi) is 2.86. The van der Waals surface area contributed by atoms with E-state index in [0.29, 0.717) is 11.5 Å². The van der Waals surface area contributed by atoms with Crippen LogP contribution in [0.2, 0.25) is 0 Å². The van der Waals surface area contributed by atoms with Gasteiger partial charge in [-0.05, 0) is 0 Å². The lowest BCUT2D eigenvalue weighted by atomic mass is 10.2. The third-order valence-electron chi connectivity index (χ3n) is 2.29. The van der Waals surface area contributed by atoms with E-state index in [9.17, 15) is 4.79 Å². The van der Waals surface area contributed by atoms with E-state index in [1.165, 1.54) is 12.5 Å². The van der Waals surface area contributed by atoms with E-state index in [2.05, 4.69) is 15.0 Å². The van der Waals surface area contributed by atoms with Gasteiger partial charge in [-0.3, -0.25) is 0 Å². The highest BCUT2D eigenvalue weighted by Gasteiger charge is 2.16. The molecule has 0 bridgehead atoms. The summed E-state index contributed by atoms with van der Waals surface area (Å²) in [5, 5.41) is 9.15. The highest BCUT2D eigenvalue weighted by molar-refractivity contribution is 5.89. The van der Waals surface area contributed by atoms with Crippen molar-refractivity contribution in [1.29, 1.82) is 0 Å². The fourth-order valence-electron chi connectivity index (χ4n) is 1.42. The molecule has 1 N–H and O–H groups in total. The van der Waals surface area contributed by atoms with Crippen molar-refractivity contribution in [3.05, 3.63) is 36.4 Å². The van der Waals surface area contributed by atoms with E-state index in [4.69, 9.17) is 5.11 Å². The molecular formula is C11H12N4O2. The van der Waals surface area contributed by atoms with E-state index >= 15 is 0 Å². The highest BCUT2D eigenvalue weighted by Crippen LogP contribution is 2.15. The van der Waals surface area contributed by atoms with E-state index in [1.807, 2.05) is 13.8 Å². The highest BCUT2D eigenvalue weighted by atomic mass is 16.4. The lowest BCUT2D eigenvalue weighted by Gasteiger charge is -2.09. The summed E-state index contributed by atoms with van der Waals surface area (Å²) in [5.74, 6) is -0.464. The van der Waals surface area contributed by atoms with Gasteiger partial charge in [0.25, 0.3) is 0 Å². The second-order valence-corrected chi connectivity index (χ2v) is 3.89. The summed E-state index contributed by atoms with van der Waals surface area (Å²) in [7, 11) is 0. The number of hydrogen-bond donors (Lipinski definition) is 1. The standard InChI is InChI=1S/C11H12N4O2/c1-7(2)10-13-5-8(9(14-10)11(16)17)15-4-3-12-6-15/h3-7H,1-2H3,(H,16,17). The van der Waals surface area contributed by atoms with Crippen LogP contribution in [-0.2, 0) is 0 Å². The summed E-state index contributed by atoms with van der Waals surface area (Å²) in [6, 6.07) is 0. The van der Waals surface area contributed by atoms with Gasteiger partial charge in [-0.2, -0.15) is 0 Å². The molecule has 0 amide bonds. The minimum Gasteiger partial charge on any atom is -0.476 e. The zero-order chi connectivity index (χ0) is 12.4. The number of imidazole rings is 1. The molecular weight excluding hydrogens is 220 g/mol. The van der Waals surface area contributed by atoms with E-state index in [1.54, 1.807) is 17.0 Å². The van der Waals surface area contributed by atoms with E-state index < -0.39 is 5.97 Å². The molecule has 2 aromatic heterocycles. The Morgan fingerprint density at radius 3 is 2.76 bits per heavy atom. The molecule has 2 rings (SSSR count). The summed E-state index contributed by atoms with van der Waals surface area (Å²) in [6.07, 6.45) is 6.25. The maximum Gasteiger partial charge on any atom is 0.356 e. The molecule has 17 heavy (non-hydrogen) atoms. The van der Waals surface area contributed by atoms with Gasteiger partial charge in [-0.15, -0.1) is 0 Å². The summed E-state index contributed by atoms with van der Waals surface area (Å²) in [5.41, 5.74) is 0.404. The molecule has 2 heterocycles. The fourth-order valence-corrected chi connectivity index (χ4v) is 1.42. The molecule has 2 aromatic rings. The van der Waals surface area contributed by atoms with Gasteiger partial charge in [0.2, 0.25) is 0 Å². The van der Waals surface area contributed by atoms with Crippen molar-refractivity contribution in [1.82, 2.24) is 19.5 Å². The predicted octanol–water partition coefficient (Wildman–Crippen LogP) is 1.48. The van der Waals surface area contributed by atoms with Crippen molar-refractivity contribution in [3.8, 4) is 5.69 Å². The summed E-state index contributed by atoms with van der Waals surface area (Å²) < 4.78 is 1.58. The van der Waals surface area contributed by atoms with Crippen LogP contribution in [0.15, 0.2) is 24.9 Å². The number of carbonyl (C=O) groups is 1. The Hall–Kier alpha value is -2.24. The molecule has 0 saturated carbocycles. The maximum atomic E-state index is 11.2. The van der Waals surface area contributed by atoms with Gasteiger partial charge in [0.15, 0.2) is 5.69 Å². The first-order valence-corrected chi connectivity index (χ1v) is 5.18. The summed E-state index contributed by atoms with van der Waals surface area (Å²) in [6.45, 7) is 3.83. The van der Waals surface area contributed by atoms with Crippen molar-refractivity contribution >= 4 is 5.97 Å². The minimum atomic E-state index is -1.07. The van der Waals surface area contributed by atoms with Crippen LogP contribution in [0.5, 0.6) is 0 Å². The number of aromatic carboxylic acids is 1. The van der Waals surface area contributed by atoms with Gasteiger partial charge < -0.3 is 9.67 Å². The van der Waals surface area contributed by atoms with Crippen molar-refractivity contribution < 1.29 is 9.90 Å². The summed E-state index contributed by atoms with van der Waals surface area (Å²) in [4.78, 5) is 23.3. The maximum absolute atomic E-state index is 11.2. The molecule has 6 nitrogen and oxygen atoms in total. The van der Waals surface area contributed by atoms with Crippen LogP contribution < -0.4 is 0 Å². The van der Waals surface area contributed by atoms with Crippen LogP contribution >= 0.6 is 0 Å². The molecule has 0 atom stereocenters. The molecule has 0 aromatic carbocycles. The second kappa shape index (κ2) is 4.32. The Bertz CT molecular complexity index is 534. The van der Waals surface area contributed by atoms with Crippen LogP contribution in [-0.4, -0.2) is 30.6 Å². The SMILES string of the molecule is CC(C)c1ncc(-n2ccnc2)c(C(=O)O)n1. The normalized spacial score (nSPS) is 10.8. The van der Waals surface area contributed by atoms with Crippen molar-refractivity contribution in [2.45, 2.75) is 19.8 Å². The third-order valence-corrected chi connectivity index (χ3v) is 2.29. The van der Waals surface area contributed by atoms with Crippen molar-refractivity contribution in [2.24, 2.45) is 0 Å². The Morgan fingerprint density at radius 1 is 1.47 bits per heavy atom. The minimum absolute atomic E-state index is 0.0123. The molecule has 6 heteroatoms. The smallest absolute Gasteiger partial charge is 0.356 e. The zero-order valence-corrected chi connectivity index (χ0v) is 9.53. The molecule has 0 radical (unpaired) electrons. The molecule has 0 aliphatic heterocycles. The molecule has 0 saturated heterocycles. The topological polar surface area (TPSA) is 80.9 Å². The summed E-state index contributed by atoms with van der Waals surface area (Å²) >= 11 is 0. The first-order chi connectivity index (χ1) is 8.09. The second-order valence-electron chi connectivity index (χ2n) is 3.89. The largest absolute Gasteiger partial charge is 0.476 e. The number of rotatable bonds is 3. The van der Waals surface area contributed by atoms with Crippen LogP contribution in [0.4, 0.5) is 0 Å². The average Bonchev–Trinajstić information content (AvgIpc) is 2.81. The molecule has 0 fully saturated rings. The number of nitrogens with zero attached hydrogens (tertiary/aromatic N) is 4. The van der Waals surface area contributed by atoms with Crippen LogP contribution in [0.25, 0.3) is 5.69 Å². The van der Waals surface area contributed by atoms with Gasteiger partial charge >= 0.3 is 5.97 Å². The van der Waals surface area contributed by atoms with E-state index in [-0.39, 0.29) is 11.6 Å². The number of aromatic nitrogens is 4. The van der Waals surface area contributed by atoms with Crippen molar-refractivity contribution in [3.63, 3.8) is 0 Å². The Morgan fingerprint density at radius 2 is 2.24 bits per heavy atom. The third kappa shape index (κ3) is 2.15. The van der Waals surface area contributed by atoms with Crippen LogP contribution in [0.3, 0.4) is 0 Å². The molecule has 0 aliphatic carbocycles. The van der Waals surface area contributed by atoms with Gasteiger partial charge in [0, 0.05) is 18.3 Å². The quantitative estimate of drug-likeness (QED) is 0.866. The van der Waals surface area contributed by atoms with Gasteiger partial charge in [0.05, 0.1) is 18.2 Å².